The van der Waals surface area contributed by atoms with Gasteiger partial charge in [-0.2, -0.15) is 0 Å². The summed E-state index contributed by atoms with van der Waals surface area (Å²) < 4.78 is 6.30. The van der Waals surface area contributed by atoms with E-state index in [0.29, 0.717) is 22.4 Å². The second-order valence-electron chi connectivity index (χ2n) is 5.85. The Kier molecular flexibility index (Phi) is 5.73. The maximum atomic E-state index is 6.30. The van der Waals surface area contributed by atoms with Gasteiger partial charge in [0.2, 0.25) is 0 Å². The van der Waals surface area contributed by atoms with Crippen LogP contribution in [0.25, 0.3) is 6.08 Å². The zero-order valence-electron chi connectivity index (χ0n) is 12.9. The molecule has 0 aliphatic heterocycles. The first-order chi connectivity index (χ1) is 8.91. The third-order valence-electron chi connectivity index (χ3n) is 3.78. The van der Waals surface area contributed by atoms with E-state index in [4.69, 9.17) is 4.43 Å². The maximum Gasteiger partial charge on any atom is 0.257 e. The molecular formula is C15H26N2OSi. The molecule has 0 atom stereocenters. The average molecular weight is 278 g/mol. The highest BCUT2D eigenvalue weighted by Gasteiger charge is 2.46. The van der Waals surface area contributed by atoms with Gasteiger partial charge in [-0.25, -0.2) is 9.97 Å². The first-order valence-electron chi connectivity index (χ1n) is 7.02. The minimum absolute atomic E-state index is 0.578. The number of hydrogen-bond acceptors (Lipinski definition) is 3. The molecule has 0 spiro atoms. The van der Waals surface area contributed by atoms with Crippen molar-refractivity contribution in [3.63, 3.8) is 0 Å². The molecule has 0 unspecified atom stereocenters. The van der Waals surface area contributed by atoms with Crippen molar-refractivity contribution in [2.75, 3.05) is 0 Å². The van der Waals surface area contributed by atoms with E-state index in [9.17, 15) is 0 Å². The van der Waals surface area contributed by atoms with Crippen LogP contribution in [0.3, 0.4) is 0 Å². The summed E-state index contributed by atoms with van der Waals surface area (Å²) in [7, 11) is -1.82. The molecule has 0 aliphatic carbocycles. The molecule has 0 fully saturated rings. The lowest BCUT2D eigenvalue weighted by Gasteiger charge is -2.40. The van der Waals surface area contributed by atoms with E-state index >= 15 is 0 Å². The molecule has 106 valence electrons. The van der Waals surface area contributed by atoms with E-state index in [-0.39, 0.29) is 0 Å². The van der Waals surface area contributed by atoms with Gasteiger partial charge < -0.3 is 4.43 Å². The van der Waals surface area contributed by atoms with E-state index in [1.54, 1.807) is 12.4 Å². The van der Waals surface area contributed by atoms with E-state index in [2.05, 4.69) is 51.5 Å². The van der Waals surface area contributed by atoms with Crippen LogP contribution in [0.5, 0.6) is 0 Å². The highest BCUT2D eigenvalue weighted by Crippen LogP contribution is 2.42. The van der Waals surface area contributed by atoms with Crippen LogP contribution in [0, 0.1) is 0 Å². The largest absolute Gasteiger partial charge is 0.548 e. The summed E-state index contributed by atoms with van der Waals surface area (Å²) in [4.78, 5) is 8.34. The highest BCUT2D eigenvalue weighted by molar-refractivity contribution is 6.77. The van der Waals surface area contributed by atoms with Crippen LogP contribution in [0.2, 0.25) is 16.6 Å². The molecule has 1 aromatic heterocycles. The molecule has 1 aromatic rings. The number of rotatable bonds is 6. The standard InChI is InChI=1S/C15H26N2OSi/c1-12(2)19(13(3)4,14(5)6)18-11-8-15-16-9-7-10-17-15/h7-14H,1-6H3. The van der Waals surface area contributed by atoms with Gasteiger partial charge >= 0.3 is 0 Å². The minimum Gasteiger partial charge on any atom is -0.548 e. The Bertz CT molecular complexity index is 380. The van der Waals surface area contributed by atoms with Gasteiger partial charge in [0.15, 0.2) is 5.82 Å². The number of nitrogens with zero attached hydrogens (tertiary/aromatic N) is 2. The van der Waals surface area contributed by atoms with Crippen LogP contribution in [-0.4, -0.2) is 18.3 Å². The second-order valence-corrected chi connectivity index (χ2v) is 11.3. The van der Waals surface area contributed by atoms with Crippen molar-refractivity contribution in [3.8, 4) is 0 Å². The van der Waals surface area contributed by atoms with Crippen molar-refractivity contribution in [2.24, 2.45) is 0 Å². The summed E-state index contributed by atoms with van der Waals surface area (Å²) in [6.07, 6.45) is 7.14. The fourth-order valence-corrected chi connectivity index (χ4v) is 8.14. The van der Waals surface area contributed by atoms with Gasteiger partial charge in [-0.05, 0) is 22.7 Å². The first-order valence-corrected chi connectivity index (χ1v) is 9.16. The Hall–Kier alpha value is -1.16. The van der Waals surface area contributed by atoms with Crippen molar-refractivity contribution >= 4 is 14.4 Å². The quantitative estimate of drug-likeness (QED) is 0.561. The lowest BCUT2D eigenvalue weighted by Crippen LogP contribution is -2.46. The smallest absolute Gasteiger partial charge is 0.257 e. The lowest BCUT2D eigenvalue weighted by atomic mass is 10.5. The Balaban J connectivity index is 2.88. The van der Waals surface area contributed by atoms with E-state index in [1.165, 1.54) is 0 Å². The molecule has 4 heteroatoms. The Morgan fingerprint density at radius 3 is 1.84 bits per heavy atom. The molecule has 0 aromatic carbocycles. The van der Waals surface area contributed by atoms with Gasteiger partial charge in [-0.3, -0.25) is 0 Å². The SMILES string of the molecule is CC(C)[Si](OC=Cc1ncccn1)(C(C)C)C(C)C. The first kappa shape index (κ1) is 15.9. The normalized spacial score (nSPS) is 12.9. The molecule has 0 radical (unpaired) electrons. The van der Waals surface area contributed by atoms with Crippen molar-refractivity contribution in [1.29, 1.82) is 0 Å². The van der Waals surface area contributed by atoms with Crippen LogP contribution in [0.15, 0.2) is 24.7 Å². The van der Waals surface area contributed by atoms with Gasteiger partial charge in [0.1, 0.15) is 0 Å². The summed E-state index contributed by atoms with van der Waals surface area (Å²) >= 11 is 0. The van der Waals surface area contributed by atoms with Crippen molar-refractivity contribution in [2.45, 2.75) is 58.2 Å². The minimum atomic E-state index is -1.82. The number of hydrogen-bond donors (Lipinski definition) is 0. The summed E-state index contributed by atoms with van der Waals surface area (Å²) in [5, 5.41) is 0. The van der Waals surface area contributed by atoms with Gasteiger partial charge in [0.25, 0.3) is 8.32 Å². The summed E-state index contributed by atoms with van der Waals surface area (Å²) in [6, 6.07) is 1.81. The van der Waals surface area contributed by atoms with Crippen LogP contribution < -0.4 is 0 Å². The molecule has 0 amide bonds. The van der Waals surface area contributed by atoms with Gasteiger partial charge in [0, 0.05) is 18.5 Å². The van der Waals surface area contributed by atoms with Gasteiger partial charge in [-0.1, -0.05) is 41.5 Å². The molecular weight excluding hydrogens is 252 g/mol. The van der Waals surface area contributed by atoms with Gasteiger partial charge in [0.05, 0.1) is 6.26 Å². The maximum absolute atomic E-state index is 6.30. The molecule has 3 nitrogen and oxygen atoms in total. The van der Waals surface area contributed by atoms with E-state index in [1.807, 2.05) is 18.4 Å². The van der Waals surface area contributed by atoms with Crippen LogP contribution in [0.1, 0.15) is 47.4 Å². The predicted octanol–water partition coefficient (Wildman–Crippen LogP) is 4.64. The van der Waals surface area contributed by atoms with Crippen LogP contribution >= 0.6 is 0 Å². The molecule has 0 saturated carbocycles. The second kappa shape index (κ2) is 6.85. The van der Waals surface area contributed by atoms with Crippen LogP contribution in [0.4, 0.5) is 0 Å². The van der Waals surface area contributed by atoms with E-state index in [0.717, 1.165) is 0 Å². The summed E-state index contributed by atoms with van der Waals surface area (Å²) in [5.41, 5.74) is 1.73. The van der Waals surface area contributed by atoms with Crippen molar-refractivity contribution in [3.05, 3.63) is 30.5 Å². The topological polar surface area (TPSA) is 35.0 Å². The van der Waals surface area contributed by atoms with E-state index < -0.39 is 8.32 Å². The third-order valence-corrected chi connectivity index (χ3v) is 9.74. The Morgan fingerprint density at radius 1 is 0.947 bits per heavy atom. The van der Waals surface area contributed by atoms with Crippen LogP contribution in [-0.2, 0) is 4.43 Å². The van der Waals surface area contributed by atoms with Gasteiger partial charge in [-0.15, -0.1) is 0 Å². The average Bonchev–Trinajstić information content (AvgIpc) is 2.34. The van der Waals surface area contributed by atoms with Crippen molar-refractivity contribution in [1.82, 2.24) is 9.97 Å². The Labute approximate surface area is 118 Å². The zero-order valence-corrected chi connectivity index (χ0v) is 13.9. The fourth-order valence-electron chi connectivity index (χ4n) is 3.02. The molecule has 19 heavy (non-hydrogen) atoms. The summed E-state index contributed by atoms with van der Waals surface area (Å²) in [6.45, 7) is 13.7. The molecule has 0 aliphatic rings. The fraction of sp³-hybridized carbons (Fsp3) is 0.600. The molecule has 1 rings (SSSR count). The molecule has 0 saturated heterocycles. The number of aromatic nitrogens is 2. The van der Waals surface area contributed by atoms with Crippen molar-refractivity contribution < 1.29 is 4.43 Å². The molecule has 1 heterocycles. The zero-order chi connectivity index (χ0) is 14.5. The molecule has 0 N–H and O–H groups in total. The predicted molar refractivity (Wildman–Crippen MR) is 83.2 cm³/mol. The highest BCUT2D eigenvalue weighted by atomic mass is 28.4. The molecule has 0 bridgehead atoms. The lowest BCUT2D eigenvalue weighted by molar-refractivity contribution is 0.419. The monoisotopic (exact) mass is 278 g/mol. The Morgan fingerprint density at radius 2 is 1.42 bits per heavy atom. The third kappa shape index (κ3) is 3.66. The summed E-state index contributed by atoms with van der Waals surface area (Å²) in [5.74, 6) is 0.696.